The molecule has 0 heterocycles. The summed E-state index contributed by atoms with van der Waals surface area (Å²) < 4.78 is 0. The van der Waals surface area contributed by atoms with Gasteiger partial charge in [0.05, 0.1) is 0 Å². The van der Waals surface area contributed by atoms with E-state index in [4.69, 9.17) is 0 Å². The van der Waals surface area contributed by atoms with Crippen molar-refractivity contribution in [2.45, 2.75) is 39.2 Å². The van der Waals surface area contributed by atoms with E-state index in [1.165, 1.54) is 19.3 Å². The minimum absolute atomic E-state index is 0.883. The highest BCUT2D eigenvalue weighted by molar-refractivity contribution is 4.86. The predicted molar refractivity (Wildman–Crippen MR) is 49.7 cm³/mol. The summed E-state index contributed by atoms with van der Waals surface area (Å²) in [6.45, 7) is 4.68. The molecule has 11 heavy (non-hydrogen) atoms. The summed E-state index contributed by atoms with van der Waals surface area (Å²) in [4.78, 5) is 2.36. The molecule has 1 unspecified atom stereocenters. The molecule has 0 aromatic heterocycles. The zero-order chi connectivity index (χ0) is 8.43. The predicted octanol–water partition coefficient (Wildman–Crippen LogP) is 2.37. The maximum atomic E-state index is 2.39. The van der Waals surface area contributed by atoms with Crippen LogP contribution in [0.3, 0.4) is 0 Å². The molecule has 0 aliphatic heterocycles. The maximum Gasteiger partial charge on any atom is 0.00946 e. The van der Waals surface area contributed by atoms with Crippen LogP contribution < -0.4 is 0 Å². The van der Waals surface area contributed by atoms with Crippen LogP contribution in [0.1, 0.15) is 33.1 Å². The molecule has 0 spiro atoms. The summed E-state index contributed by atoms with van der Waals surface area (Å²) in [7, 11) is 4.38. The van der Waals surface area contributed by atoms with Crippen LogP contribution in [0.15, 0.2) is 0 Å². The fourth-order valence-corrected chi connectivity index (χ4v) is 1.85. The van der Waals surface area contributed by atoms with Crippen molar-refractivity contribution in [3.05, 3.63) is 0 Å². The molecule has 0 aromatic rings. The SMILES string of the molecule is CCC(C)C1CC(N(C)C)C1. The Bertz CT molecular complexity index is 114. The highest BCUT2D eigenvalue weighted by Gasteiger charge is 2.32. The highest BCUT2D eigenvalue weighted by Crippen LogP contribution is 2.37. The minimum atomic E-state index is 0.883. The third-order valence-corrected chi connectivity index (χ3v) is 3.33. The zero-order valence-electron chi connectivity index (χ0n) is 8.30. The van der Waals surface area contributed by atoms with Crippen molar-refractivity contribution in [1.29, 1.82) is 0 Å². The fourth-order valence-electron chi connectivity index (χ4n) is 1.85. The smallest absolute Gasteiger partial charge is 0.00946 e. The van der Waals surface area contributed by atoms with Gasteiger partial charge in [-0.25, -0.2) is 0 Å². The van der Waals surface area contributed by atoms with Gasteiger partial charge in [0.25, 0.3) is 0 Å². The van der Waals surface area contributed by atoms with Crippen LogP contribution in [0, 0.1) is 11.8 Å². The number of hydrogen-bond donors (Lipinski definition) is 0. The fraction of sp³-hybridized carbons (Fsp3) is 1.00. The van der Waals surface area contributed by atoms with Gasteiger partial charge in [0.15, 0.2) is 0 Å². The van der Waals surface area contributed by atoms with Crippen molar-refractivity contribution in [1.82, 2.24) is 4.90 Å². The molecule has 0 saturated heterocycles. The van der Waals surface area contributed by atoms with Crippen LogP contribution in [0.2, 0.25) is 0 Å². The molecule has 1 nitrogen and oxygen atoms in total. The van der Waals surface area contributed by atoms with E-state index in [-0.39, 0.29) is 0 Å². The zero-order valence-corrected chi connectivity index (χ0v) is 8.30. The van der Waals surface area contributed by atoms with Crippen LogP contribution in [0.25, 0.3) is 0 Å². The van der Waals surface area contributed by atoms with E-state index in [9.17, 15) is 0 Å². The molecule has 0 aromatic carbocycles. The maximum absolute atomic E-state index is 2.39. The van der Waals surface area contributed by atoms with E-state index in [0.717, 1.165) is 17.9 Å². The van der Waals surface area contributed by atoms with Crippen molar-refractivity contribution in [3.63, 3.8) is 0 Å². The molecular weight excluding hydrogens is 134 g/mol. The summed E-state index contributed by atoms with van der Waals surface area (Å²) in [5.74, 6) is 1.97. The molecular formula is C10H21N. The van der Waals surface area contributed by atoms with E-state index in [2.05, 4.69) is 32.8 Å². The first-order valence-corrected chi connectivity index (χ1v) is 4.81. The lowest BCUT2D eigenvalue weighted by Gasteiger charge is -2.42. The average molecular weight is 155 g/mol. The molecule has 1 atom stereocenters. The van der Waals surface area contributed by atoms with Gasteiger partial charge in [-0.15, -0.1) is 0 Å². The number of nitrogens with zero attached hydrogens (tertiary/aromatic N) is 1. The number of hydrogen-bond acceptors (Lipinski definition) is 1. The Morgan fingerprint density at radius 1 is 1.36 bits per heavy atom. The lowest BCUT2D eigenvalue weighted by molar-refractivity contribution is 0.0851. The van der Waals surface area contributed by atoms with E-state index in [1.807, 2.05) is 0 Å². The van der Waals surface area contributed by atoms with E-state index in [1.54, 1.807) is 0 Å². The summed E-state index contributed by atoms with van der Waals surface area (Å²) in [5, 5.41) is 0. The molecule has 0 radical (unpaired) electrons. The highest BCUT2D eigenvalue weighted by atomic mass is 15.1. The standard InChI is InChI=1S/C10H21N/c1-5-8(2)9-6-10(7-9)11(3)4/h8-10H,5-7H2,1-4H3. The Morgan fingerprint density at radius 3 is 2.27 bits per heavy atom. The average Bonchev–Trinajstić information content (AvgIpc) is 1.83. The topological polar surface area (TPSA) is 3.24 Å². The molecule has 1 saturated carbocycles. The van der Waals surface area contributed by atoms with Gasteiger partial charge in [-0.05, 0) is 38.8 Å². The first kappa shape index (κ1) is 9.05. The largest absolute Gasteiger partial charge is 0.306 e. The Morgan fingerprint density at radius 2 is 1.91 bits per heavy atom. The summed E-state index contributed by atoms with van der Waals surface area (Å²) in [6.07, 6.45) is 4.22. The third-order valence-electron chi connectivity index (χ3n) is 3.33. The molecule has 0 amide bonds. The quantitative estimate of drug-likeness (QED) is 0.605. The number of rotatable bonds is 3. The van der Waals surface area contributed by atoms with Crippen molar-refractivity contribution in [2.75, 3.05) is 14.1 Å². The van der Waals surface area contributed by atoms with Gasteiger partial charge in [-0.1, -0.05) is 20.3 Å². The van der Waals surface area contributed by atoms with Gasteiger partial charge in [-0.3, -0.25) is 0 Å². The van der Waals surface area contributed by atoms with Crippen molar-refractivity contribution < 1.29 is 0 Å². The Balaban J connectivity index is 2.18. The van der Waals surface area contributed by atoms with Crippen LogP contribution in [-0.4, -0.2) is 25.0 Å². The van der Waals surface area contributed by atoms with Crippen LogP contribution in [0.4, 0.5) is 0 Å². The van der Waals surface area contributed by atoms with Gasteiger partial charge in [-0.2, -0.15) is 0 Å². The van der Waals surface area contributed by atoms with Crippen LogP contribution >= 0.6 is 0 Å². The molecule has 1 fully saturated rings. The van der Waals surface area contributed by atoms with E-state index >= 15 is 0 Å². The molecule has 1 aliphatic rings. The first-order chi connectivity index (χ1) is 5.15. The first-order valence-electron chi connectivity index (χ1n) is 4.81. The lowest BCUT2D eigenvalue weighted by Crippen LogP contribution is -2.42. The lowest BCUT2D eigenvalue weighted by atomic mass is 9.72. The second-order valence-corrected chi connectivity index (χ2v) is 4.23. The van der Waals surface area contributed by atoms with Crippen LogP contribution in [0.5, 0.6) is 0 Å². The van der Waals surface area contributed by atoms with Crippen molar-refractivity contribution >= 4 is 0 Å². The van der Waals surface area contributed by atoms with Gasteiger partial charge >= 0.3 is 0 Å². The monoisotopic (exact) mass is 155 g/mol. The summed E-state index contributed by atoms with van der Waals surface area (Å²) in [6, 6.07) is 0.883. The summed E-state index contributed by atoms with van der Waals surface area (Å²) in [5.41, 5.74) is 0. The van der Waals surface area contributed by atoms with Gasteiger partial charge in [0, 0.05) is 6.04 Å². The molecule has 1 aliphatic carbocycles. The molecule has 0 N–H and O–H groups in total. The molecule has 0 bridgehead atoms. The Kier molecular flexibility index (Phi) is 2.94. The normalized spacial score (nSPS) is 33.5. The Hall–Kier alpha value is -0.0400. The van der Waals surface area contributed by atoms with E-state index < -0.39 is 0 Å². The molecule has 1 rings (SSSR count). The molecule has 1 heteroatoms. The van der Waals surface area contributed by atoms with Gasteiger partial charge in [0.2, 0.25) is 0 Å². The Labute approximate surface area is 70.8 Å². The molecule has 66 valence electrons. The second-order valence-electron chi connectivity index (χ2n) is 4.23. The van der Waals surface area contributed by atoms with E-state index in [0.29, 0.717) is 0 Å². The van der Waals surface area contributed by atoms with Gasteiger partial charge < -0.3 is 4.90 Å². The van der Waals surface area contributed by atoms with Gasteiger partial charge in [0.1, 0.15) is 0 Å². The second kappa shape index (κ2) is 3.57. The van der Waals surface area contributed by atoms with Crippen molar-refractivity contribution in [2.24, 2.45) is 11.8 Å². The third kappa shape index (κ3) is 1.96. The minimum Gasteiger partial charge on any atom is -0.306 e. The summed E-state index contributed by atoms with van der Waals surface area (Å²) >= 11 is 0. The van der Waals surface area contributed by atoms with Crippen molar-refractivity contribution in [3.8, 4) is 0 Å². The van der Waals surface area contributed by atoms with Crippen LogP contribution in [-0.2, 0) is 0 Å².